The van der Waals surface area contributed by atoms with Gasteiger partial charge < -0.3 is 19.5 Å². The summed E-state index contributed by atoms with van der Waals surface area (Å²) < 4.78 is 18.0. The second-order valence-corrected chi connectivity index (χ2v) is 6.42. The Bertz CT molecular complexity index is 987. The Labute approximate surface area is 167 Å². The van der Waals surface area contributed by atoms with E-state index in [0.29, 0.717) is 36.6 Å². The summed E-state index contributed by atoms with van der Waals surface area (Å²) in [6.07, 6.45) is 0.704. The number of fused-ring (bicyclic) bond motifs is 1. The van der Waals surface area contributed by atoms with Crippen LogP contribution in [0.15, 0.2) is 42.5 Å². The second-order valence-electron chi connectivity index (χ2n) is 6.42. The van der Waals surface area contributed by atoms with Gasteiger partial charge in [0.25, 0.3) is 5.91 Å². The van der Waals surface area contributed by atoms with Crippen LogP contribution in [0.5, 0.6) is 17.2 Å². The number of aromatic nitrogens is 4. The minimum Gasteiger partial charge on any atom is -0.486 e. The Morgan fingerprint density at radius 3 is 2.83 bits per heavy atom. The predicted molar refractivity (Wildman–Crippen MR) is 103 cm³/mol. The van der Waals surface area contributed by atoms with Crippen LogP contribution in [-0.2, 0) is 19.6 Å². The SMILES string of the molecule is CCn1nnnc1COc1ccc(C(=O)NCCc2ccc3c(c2)OCO3)cc1. The van der Waals surface area contributed by atoms with Crippen molar-refractivity contribution in [3.63, 3.8) is 0 Å². The second kappa shape index (κ2) is 8.59. The maximum atomic E-state index is 12.3. The first kappa shape index (κ1) is 18.7. The molecule has 0 unspecified atom stereocenters. The van der Waals surface area contributed by atoms with Gasteiger partial charge in [-0.1, -0.05) is 6.07 Å². The minimum absolute atomic E-state index is 0.132. The summed E-state index contributed by atoms with van der Waals surface area (Å²) in [5.74, 6) is 2.67. The molecule has 1 N–H and O–H groups in total. The third kappa shape index (κ3) is 4.45. The van der Waals surface area contributed by atoms with Gasteiger partial charge in [-0.25, -0.2) is 4.68 Å². The summed E-state index contributed by atoms with van der Waals surface area (Å²) in [6, 6.07) is 12.8. The highest BCUT2D eigenvalue weighted by atomic mass is 16.7. The van der Waals surface area contributed by atoms with Crippen LogP contribution in [0, 0.1) is 0 Å². The van der Waals surface area contributed by atoms with Crippen LogP contribution in [0.25, 0.3) is 0 Å². The molecule has 0 saturated heterocycles. The van der Waals surface area contributed by atoms with Crippen molar-refractivity contribution in [3.05, 3.63) is 59.4 Å². The molecule has 2 aromatic carbocycles. The third-order valence-electron chi connectivity index (χ3n) is 4.53. The van der Waals surface area contributed by atoms with Crippen molar-refractivity contribution < 1.29 is 19.0 Å². The maximum Gasteiger partial charge on any atom is 0.251 e. The lowest BCUT2D eigenvalue weighted by atomic mass is 10.1. The summed E-state index contributed by atoms with van der Waals surface area (Å²) in [6.45, 7) is 3.68. The standard InChI is InChI=1S/C20H21N5O4/c1-2-25-19(22-23-24-25)12-27-16-6-4-15(5-7-16)20(26)21-10-9-14-3-8-17-18(11-14)29-13-28-17/h3-8,11H,2,9-10,12-13H2,1H3,(H,21,26). The number of ether oxygens (including phenoxy) is 3. The molecule has 150 valence electrons. The fourth-order valence-electron chi connectivity index (χ4n) is 2.94. The van der Waals surface area contributed by atoms with Crippen LogP contribution >= 0.6 is 0 Å². The van der Waals surface area contributed by atoms with Crippen molar-refractivity contribution in [2.24, 2.45) is 0 Å². The van der Waals surface area contributed by atoms with Crippen molar-refractivity contribution in [1.82, 2.24) is 25.5 Å². The van der Waals surface area contributed by atoms with Gasteiger partial charge in [0.2, 0.25) is 6.79 Å². The van der Waals surface area contributed by atoms with Crippen molar-refractivity contribution in [1.29, 1.82) is 0 Å². The molecule has 3 aromatic rings. The third-order valence-corrected chi connectivity index (χ3v) is 4.53. The Balaban J connectivity index is 1.25. The van der Waals surface area contributed by atoms with Crippen molar-refractivity contribution in [2.75, 3.05) is 13.3 Å². The number of nitrogens with one attached hydrogen (secondary N) is 1. The molecule has 0 spiro atoms. The van der Waals surface area contributed by atoms with Gasteiger partial charge in [-0.3, -0.25) is 4.79 Å². The molecule has 9 heteroatoms. The Morgan fingerprint density at radius 1 is 1.17 bits per heavy atom. The monoisotopic (exact) mass is 395 g/mol. The van der Waals surface area contributed by atoms with Crippen LogP contribution in [0.2, 0.25) is 0 Å². The van der Waals surface area contributed by atoms with Gasteiger partial charge in [-0.05, 0) is 65.7 Å². The summed E-state index contributed by atoms with van der Waals surface area (Å²) in [7, 11) is 0. The molecule has 1 aliphatic rings. The average Bonchev–Trinajstić information content (AvgIpc) is 3.41. The zero-order chi connectivity index (χ0) is 20.1. The quantitative estimate of drug-likeness (QED) is 0.622. The number of carbonyl (C=O) groups excluding carboxylic acids is 1. The first-order chi connectivity index (χ1) is 14.2. The first-order valence-corrected chi connectivity index (χ1v) is 9.37. The van der Waals surface area contributed by atoms with Gasteiger partial charge in [-0.2, -0.15) is 0 Å². The predicted octanol–water partition coefficient (Wildman–Crippen LogP) is 1.97. The lowest BCUT2D eigenvalue weighted by Gasteiger charge is -2.08. The van der Waals surface area contributed by atoms with Crippen LogP contribution in [0.4, 0.5) is 0 Å². The number of amides is 1. The van der Waals surface area contributed by atoms with Crippen molar-refractivity contribution in [2.45, 2.75) is 26.5 Å². The van der Waals surface area contributed by atoms with E-state index in [-0.39, 0.29) is 19.3 Å². The van der Waals surface area contributed by atoms with E-state index in [2.05, 4.69) is 20.8 Å². The molecule has 9 nitrogen and oxygen atoms in total. The number of benzene rings is 2. The molecule has 2 heterocycles. The topological polar surface area (TPSA) is 100 Å². The zero-order valence-corrected chi connectivity index (χ0v) is 16.0. The van der Waals surface area contributed by atoms with E-state index in [1.165, 1.54) is 0 Å². The van der Waals surface area contributed by atoms with Gasteiger partial charge in [0.1, 0.15) is 12.4 Å². The van der Waals surface area contributed by atoms with Crippen molar-refractivity contribution >= 4 is 5.91 Å². The fraction of sp³-hybridized carbons (Fsp3) is 0.300. The molecule has 1 amide bonds. The number of carbonyl (C=O) groups is 1. The molecule has 1 aliphatic heterocycles. The van der Waals surface area contributed by atoms with Gasteiger partial charge in [-0.15, -0.1) is 5.10 Å². The Kier molecular flexibility index (Phi) is 5.55. The van der Waals surface area contributed by atoms with Gasteiger partial charge in [0.15, 0.2) is 17.3 Å². The number of aryl methyl sites for hydroxylation is 1. The van der Waals surface area contributed by atoms with E-state index < -0.39 is 0 Å². The van der Waals surface area contributed by atoms with E-state index in [0.717, 1.165) is 17.1 Å². The fourth-order valence-corrected chi connectivity index (χ4v) is 2.94. The van der Waals surface area contributed by atoms with Crippen molar-refractivity contribution in [3.8, 4) is 17.2 Å². The first-order valence-electron chi connectivity index (χ1n) is 9.37. The number of tetrazole rings is 1. The van der Waals surface area contributed by atoms with Gasteiger partial charge in [0.05, 0.1) is 0 Å². The van der Waals surface area contributed by atoms with E-state index in [1.807, 2.05) is 25.1 Å². The molecular weight excluding hydrogens is 374 g/mol. The number of hydrogen-bond donors (Lipinski definition) is 1. The lowest BCUT2D eigenvalue weighted by molar-refractivity contribution is 0.0954. The summed E-state index contributed by atoms with van der Waals surface area (Å²) >= 11 is 0. The minimum atomic E-state index is -0.132. The number of rotatable bonds is 8. The molecule has 29 heavy (non-hydrogen) atoms. The maximum absolute atomic E-state index is 12.3. The highest BCUT2D eigenvalue weighted by Crippen LogP contribution is 2.32. The average molecular weight is 395 g/mol. The van der Waals surface area contributed by atoms with E-state index in [1.54, 1.807) is 28.9 Å². The molecule has 0 bridgehead atoms. The van der Waals surface area contributed by atoms with Crippen LogP contribution in [-0.4, -0.2) is 39.5 Å². The number of nitrogens with zero attached hydrogens (tertiary/aromatic N) is 4. The van der Waals surface area contributed by atoms with Crippen LogP contribution in [0.1, 0.15) is 28.7 Å². The summed E-state index contributed by atoms with van der Waals surface area (Å²) in [5, 5.41) is 14.3. The molecule has 0 aliphatic carbocycles. The van der Waals surface area contributed by atoms with E-state index in [4.69, 9.17) is 14.2 Å². The molecule has 0 atom stereocenters. The van der Waals surface area contributed by atoms with Gasteiger partial charge in [0, 0.05) is 18.7 Å². The molecular formula is C20H21N5O4. The highest BCUT2D eigenvalue weighted by Gasteiger charge is 2.13. The largest absolute Gasteiger partial charge is 0.486 e. The lowest BCUT2D eigenvalue weighted by Crippen LogP contribution is -2.25. The molecule has 1 aromatic heterocycles. The highest BCUT2D eigenvalue weighted by molar-refractivity contribution is 5.94. The normalized spacial score (nSPS) is 12.0. The molecule has 0 radical (unpaired) electrons. The molecule has 0 fully saturated rings. The summed E-state index contributed by atoms with van der Waals surface area (Å²) in [4.78, 5) is 12.3. The van der Waals surface area contributed by atoms with E-state index >= 15 is 0 Å². The molecule has 4 rings (SSSR count). The van der Waals surface area contributed by atoms with Gasteiger partial charge >= 0.3 is 0 Å². The van der Waals surface area contributed by atoms with Crippen LogP contribution in [0.3, 0.4) is 0 Å². The smallest absolute Gasteiger partial charge is 0.251 e. The molecule has 0 saturated carbocycles. The number of hydrogen-bond acceptors (Lipinski definition) is 7. The Morgan fingerprint density at radius 2 is 2.00 bits per heavy atom. The summed E-state index contributed by atoms with van der Waals surface area (Å²) in [5.41, 5.74) is 1.65. The van der Waals surface area contributed by atoms with E-state index in [9.17, 15) is 4.79 Å². The Hall–Kier alpha value is -3.62. The zero-order valence-electron chi connectivity index (χ0n) is 16.0. The van der Waals surface area contributed by atoms with Crippen LogP contribution < -0.4 is 19.5 Å².